The lowest BCUT2D eigenvalue weighted by Gasteiger charge is -2.28. The third-order valence-electron chi connectivity index (χ3n) is 5.81. The van der Waals surface area contributed by atoms with Gasteiger partial charge in [0.25, 0.3) is 11.8 Å². The number of carbonyl (C=O) groups excluding carboxylic acids is 2. The first kappa shape index (κ1) is 28.2. The van der Waals surface area contributed by atoms with Gasteiger partial charge in [-0.15, -0.1) is 0 Å². The maximum Gasteiger partial charge on any atom is 0.268 e. The van der Waals surface area contributed by atoms with Gasteiger partial charge in [-0.2, -0.15) is 0 Å². The van der Waals surface area contributed by atoms with Gasteiger partial charge in [0.2, 0.25) is 0 Å². The number of methoxy groups -OCH3 is 2. The maximum atomic E-state index is 13.3. The zero-order chi connectivity index (χ0) is 27.6. The van der Waals surface area contributed by atoms with Crippen LogP contribution in [0.4, 0.5) is 0 Å². The summed E-state index contributed by atoms with van der Waals surface area (Å²) in [5.41, 5.74) is 1.19. The first-order valence-corrected chi connectivity index (χ1v) is 13.4. The zero-order valence-electron chi connectivity index (χ0n) is 21.6. The van der Waals surface area contributed by atoms with Crippen molar-refractivity contribution in [2.24, 2.45) is 0 Å². The van der Waals surface area contributed by atoms with Crippen molar-refractivity contribution in [1.82, 2.24) is 15.5 Å². The van der Waals surface area contributed by atoms with Gasteiger partial charge in [-0.05, 0) is 48.2 Å². The van der Waals surface area contributed by atoms with Crippen LogP contribution in [0.15, 0.2) is 75.9 Å². The molecule has 0 aliphatic carbocycles. The van der Waals surface area contributed by atoms with Crippen LogP contribution in [0.1, 0.15) is 21.7 Å². The van der Waals surface area contributed by atoms with Gasteiger partial charge in [-0.25, -0.2) is 0 Å². The van der Waals surface area contributed by atoms with E-state index in [0.717, 1.165) is 18.7 Å². The number of carbonyl (C=O) groups is 2. The summed E-state index contributed by atoms with van der Waals surface area (Å²) in [5, 5.41) is 6.13. The van der Waals surface area contributed by atoms with E-state index in [0.29, 0.717) is 45.4 Å². The zero-order valence-corrected chi connectivity index (χ0v) is 23.2. The third-order valence-corrected chi connectivity index (χ3v) is 7.17. The Bertz CT molecular complexity index is 1340. The smallest absolute Gasteiger partial charge is 0.268 e. The molecule has 2 heterocycles. The second kappa shape index (κ2) is 13.8. The highest BCUT2D eigenvalue weighted by atomic mass is 32.2. The number of nitrogens with one attached hydrogen (secondary N) is 2. The number of benzene rings is 2. The molecular formula is C28H29N3O6S2. The number of furan rings is 1. The fourth-order valence-electron chi connectivity index (χ4n) is 3.72. The van der Waals surface area contributed by atoms with Gasteiger partial charge >= 0.3 is 0 Å². The minimum Gasteiger partial charge on any atom is -0.497 e. The molecule has 1 aliphatic heterocycles. The number of thiocarbonyl (C=S) groups is 1. The van der Waals surface area contributed by atoms with Crippen molar-refractivity contribution in [1.29, 1.82) is 0 Å². The average molecular weight is 568 g/mol. The Hall–Kier alpha value is -3.80. The van der Waals surface area contributed by atoms with Gasteiger partial charge in [-0.1, -0.05) is 30.4 Å². The number of morpholine rings is 1. The first-order valence-electron chi connectivity index (χ1n) is 12.2. The molecule has 2 N–H and O–H groups in total. The number of hydrogen-bond acceptors (Lipinski definition) is 8. The summed E-state index contributed by atoms with van der Waals surface area (Å²) in [6.07, 6.45) is 1.49. The minimum absolute atomic E-state index is 0.0259. The molecule has 9 nitrogen and oxygen atoms in total. The monoisotopic (exact) mass is 567 g/mol. The van der Waals surface area contributed by atoms with E-state index in [9.17, 15) is 9.59 Å². The van der Waals surface area contributed by atoms with Crippen LogP contribution in [0.3, 0.4) is 0 Å². The molecule has 1 fully saturated rings. The number of thioether (sulfide) groups is 1. The van der Waals surface area contributed by atoms with Gasteiger partial charge < -0.3 is 34.2 Å². The van der Waals surface area contributed by atoms with Gasteiger partial charge in [-0.3, -0.25) is 9.59 Å². The summed E-state index contributed by atoms with van der Waals surface area (Å²) < 4.78 is 22.6. The Morgan fingerprint density at radius 2 is 1.82 bits per heavy atom. The number of amides is 2. The van der Waals surface area contributed by atoms with Gasteiger partial charge in [0.05, 0.1) is 27.4 Å². The second-order valence-electron chi connectivity index (χ2n) is 8.36. The molecule has 1 saturated heterocycles. The van der Waals surface area contributed by atoms with Crippen LogP contribution >= 0.6 is 24.0 Å². The lowest BCUT2D eigenvalue weighted by molar-refractivity contribution is -0.117. The molecule has 4 rings (SSSR count). The summed E-state index contributed by atoms with van der Waals surface area (Å²) in [7, 11) is 3.11. The maximum absolute atomic E-state index is 13.3. The number of nitrogens with zero attached hydrogens (tertiary/aromatic N) is 1. The summed E-state index contributed by atoms with van der Waals surface area (Å²) in [6, 6.07) is 17.5. The molecule has 0 spiro atoms. The number of ether oxygens (including phenoxy) is 3. The summed E-state index contributed by atoms with van der Waals surface area (Å²) >= 11 is 6.87. The van der Waals surface area contributed by atoms with Crippen LogP contribution in [-0.2, 0) is 16.1 Å². The fourth-order valence-corrected chi connectivity index (χ4v) is 4.90. The molecule has 39 heavy (non-hydrogen) atoms. The Morgan fingerprint density at radius 3 is 2.54 bits per heavy atom. The van der Waals surface area contributed by atoms with E-state index in [1.165, 1.54) is 17.8 Å². The highest BCUT2D eigenvalue weighted by molar-refractivity contribution is 8.22. The summed E-state index contributed by atoms with van der Waals surface area (Å²) in [5.74, 6) is 0.678. The average Bonchev–Trinajstić information content (AvgIpc) is 3.42. The predicted octanol–water partition coefficient (Wildman–Crippen LogP) is 4.09. The van der Waals surface area contributed by atoms with E-state index >= 15 is 0 Å². The van der Waals surface area contributed by atoms with E-state index in [2.05, 4.69) is 15.5 Å². The second-order valence-corrected chi connectivity index (χ2v) is 10.0. The standard InChI is InChI=1S/C28H29N3O6S2/c1-34-21-9-8-20(24(17-21)35-2)18-29-27(33)23(30-26(32)19-6-4-3-5-7-19)16-22-10-11-25(37-22)39-28(38)31-12-14-36-15-13-31/h3-11,16-17H,12-15,18H2,1-2H3,(H,29,33)(H,30,32). The van der Waals surface area contributed by atoms with Crippen LogP contribution in [0, 0.1) is 0 Å². The highest BCUT2D eigenvalue weighted by Gasteiger charge is 2.18. The van der Waals surface area contributed by atoms with Crippen molar-refractivity contribution in [2.75, 3.05) is 40.5 Å². The molecule has 0 atom stereocenters. The summed E-state index contributed by atoms with van der Waals surface area (Å²) in [4.78, 5) is 28.2. The van der Waals surface area contributed by atoms with Crippen molar-refractivity contribution in [3.63, 3.8) is 0 Å². The Labute approximate surface area is 236 Å². The van der Waals surface area contributed by atoms with Crippen LogP contribution in [0.2, 0.25) is 0 Å². The quantitative estimate of drug-likeness (QED) is 0.225. The van der Waals surface area contributed by atoms with Crippen LogP contribution in [0.25, 0.3) is 6.08 Å². The topological polar surface area (TPSA) is 102 Å². The van der Waals surface area contributed by atoms with Crippen molar-refractivity contribution in [2.45, 2.75) is 11.6 Å². The predicted molar refractivity (Wildman–Crippen MR) is 153 cm³/mol. The van der Waals surface area contributed by atoms with Crippen molar-refractivity contribution < 1.29 is 28.2 Å². The molecule has 204 valence electrons. The fraction of sp³-hybridized carbons (Fsp3) is 0.250. The van der Waals surface area contributed by atoms with Crippen molar-refractivity contribution >= 4 is 46.2 Å². The molecule has 2 aromatic carbocycles. The van der Waals surface area contributed by atoms with Crippen molar-refractivity contribution in [3.8, 4) is 11.5 Å². The van der Waals surface area contributed by atoms with Gasteiger partial charge in [0.15, 0.2) is 5.09 Å². The molecule has 1 aliphatic rings. The van der Waals surface area contributed by atoms with Gasteiger partial charge in [0, 0.05) is 42.9 Å². The molecular weight excluding hydrogens is 538 g/mol. The minimum atomic E-state index is -0.494. The molecule has 0 unspecified atom stereocenters. The Kier molecular flexibility index (Phi) is 10.0. The lowest BCUT2D eigenvalue weighted by Crippen LogP contribution is -2.38. The lowest BCUT2D eigenvalue weighted by atomic mass is 10.1. The molecule has 0 bridgehead atoms. The van der Waals surface area contributed by atoms with Gasteiger partial charge in [0.1, 0.15) is 27.3 Å². The van der Waals surface area contributed by atoms with Crippen LogP contribution in [0.5, 0.6) is 11.5 Å². The molecule has 0 saturated carbocycles. The Balaban J connectivity index is 1.51. The molecule has 2 amide bonds. The summed E-state index contributed by atoms with van der Waals surface area (Å²) in [6.45, 7) is 2.89. The normalized spacial score (nSPS) is 13.5. The van der Waals surface area contributed by atoms with E-state index in [1.54, 1.807) is 68.8 Å². The highest BCUT2D eigenvalue weighted by Crippen LogP contribution is 2.26. The van der Waals surface area contributed by atoms with E-state index < -0.39 is 11.8 Å². The van der Waals surface area contributed by atoms with Crippen molar-refractivity contribution in [3.05, 3.63) is 83.2 Å². The van der Waals surface area contributed by atoms with E-state index in [-0.39, 0.29) is 12.2 Å². The number of hydrogen-bond donors (Lipinski definition) is 2. The Morgan fingerprint density at radius 1 is 1.05 bits per heavy atom. The first-order chi connectivity index (χ1) is 19.0. The van der Waals surface area contributed by atoms with E-state index in [4.69, 9.17) is 30.8 Å². The third kappa shape index (κ3) is 7.85. The SMILES string of the molecule is COc1ccc(CNC(=O)C(=Cc2ccc(SC(=S)N3CCOCC3)o2)NC(=O)c2ccccc2)c(OC)c1. The van der Waals surface area contributed by atoms with E-state index in [1.807, 2.05) is 6.07 Å². The molecule has 11 heteroatoms. The van der Waals surface area contributed by atoms with Crippen LogP contribution in [-0.4, -0.2) is 61.6 Å². The number of rotatable bonds is 9. The molecule has 1 aromatic heterocycles. The molecule has 3 aromatic rings. The van der Waals surface area contributed by atoms with Crippen LogP contribution < -0.4 is 20.1 Å². The largest absolute Gasteiger partial charge is 0.497 e. The molecule has 0 radical (unpaired) electrons.